The number of fused-ring (bicyclic) bond motifs is 3. The number of alkyl carbamates (subject to hydrolysis) is 1. The number of benzene rings is 2. The highest BCUT2D eigenvalue weighted by molar-refractivity contribution is 5.81. The number of hydrogen-bond acceptors (Lipinski definition) is 4. The zero-order valence-electron chi connectivity index (χ0n) is 19.0. The summed E-state index contributed by atoms with van der Waals surface area (Å²) in [7, 11) is 0. The molecule has 1 heterocycles. The molecule has 174 valence electrons. The van der Waals surface area contributed by atoms with Gasteiger partial charge in [0.15, 0.2) is 0 Å². The van der Waals surface area contributed by atoms with E-state index in [-0.39, 0.29) is 31.0 Å². The van der Waals surface area contributed by atoms with Gasteiger partial charge >= 0.3 is 12.1 Å². The molecule has 7 heteroatoms. The van der Waals surface area contributed by atoms with Crippen molar-refractivity contribution >= 4 is 18.0 Å². The van der Waals surface area contributed by atoms with E-state index in [2.05, 4.69) is 29.6 Å². The van der Waals surface area contributed by atoms with E-state index in [1.165, 1.54) is 11.1 Å². The molecule has 4 rings (SSSR count). The Morgan fingerprint density at radius 3 is 2.27 bits per heavy atom. The Hall–Kier alpha value is -3.35. The molecule has 3 atom stereocenters. The molecule has 0 bridgehead atoms. The van der Waals surface area contributed by atoms with Crippen LogP contribution in [0.2, 0.25) is 0 Å². The van der Waals surface area contributed by atoms with Gasteiger partial charge in [-0.05, 0) is 42.0 Å². The SMILES string of the molecule is CC(CNC(=O)OCC1c2ccccc2-c2ccccc21)C(=O)N1CC[C@@H](C(=O)O)C[C@H]1C. The Bertz CT molecular complexity index is 1010. The normalized spacial score (nSPS) is 20.5. The summed E-state index contributed by atoms with van der Waals surface area (Å²) in [6, 6.07) is 16.2. The maximum absolute atomic E-state index is 12.8. The molecule has 1 saturated heterocycles. The Kier molecular flexibility index (Phi) is 6.67. The zero-order chi connectivity index (χ0) is 23.5. The molecule has 0 radical (unpaired) electrons. The van der Waals surface area contributed by atoms with Gasteiger partial charge in [-0.25, -0.2) is 4.79 Å². The van der Waals surface area contributed by atoms with Crippen LogP contribution in [0, 0.1) is 11.8 Å². The van der Waals surface area contributed by atoms with Crippen LogP contribution >= 0.6 is 0 Å². The molecular formula is C26H30N2O5. The first-order chi connectivity index (χ1) is 15.9. The Morgan fingerprint density at radius 2 is 1.70 bits per heavy atom. The van der Waals surface area contributed by atoms with Crippen molar-refractivity contribution < 1.29 is 24.2 Å². The number of carboxylic acid groups (broad SMARTS) is 1. The molecule has 1 fully saturated rings. The van der Waals surface area contributed by atoms with Gasteiger partial charge in [-0.1, -0.05) is 55.5 Å². The summed E-state index contributed by atoms with van der Waals surface area (Å²) in [5.41, 5.74) is 4.63. The fourth-order valence-electron chi connectivity index (χ4n) is 4.98. The summed E-state index contributed by atoms with van der Waals surface area (Å²) in [4.78, 5) is 38.2. The summed E-state index contributed by atoms with van der Waals surface area (Å²) in [5.74, 6) is -1.73. The van der Waals surface area contributed by atoms with Crippen LogP contribution < -0.4 is 5.32 Å². The van der Waals surface area contributed by atoms with Gasteiger partial charge in [0, 0.05) is 25.0 Å². The van der Waals surface area contributed by atoms with Crippen LogP contribution in [0.15, 0.2) is 48.5 Å². The monoisotopic (exact) mass is 450 g/mol. The van der Waals surface area contributed by atoms with Crippen LogP contribution in [-0.2, 0) is 14.3 Å². The lowest BCUT2D eigenvalue weighted by Gasteiger charge is -2.37. The van der Waals surface area contributed by atoms with Gasteiger partial charge in [-0.15, -0.1) is 0 Å². The largest absolute Gasteiger partial charge is 0.481 e. The van der Waals surface area contributed by atoms with E-state index < -0.39 is 23.9 Å². The highest BCUT2D eigenvalue weighted by Gasteiger charge is 2.34. The maximum atomic E-state index is 12.8. The lowest BCUT2D eigenvalue weighted by molar-refractivity contribution is -0.148. The molecule has 2 aromatic rings. The summed E-state index contributed by atoms with van der Waals surface area (Å²) in [5, 5.41) is 11.9. The fraction of sp³-hybridized carbons (Fsp3) is 0.423. The van der Waals surface area contributed by atoms with Gasteiger partial charge in [0.25, 0.3) is 0 Å². The van der Waals surface area contributed by atoms with Crippen LogP contribution in [0.5, 0.6) is 0 Å². The Morgan fingerprint density at radius 1 is 1.09 bits per heavy atom. The molecule has 1 unspecified atom stereocenters. The van der Waals surface area contributed by atoms with E-state index in [0.29, 0.717) is 19.4 Å². The lowest BCUT2D eigenvalue weighted by atomic mass is 9.91. The van der Waals surface area contributed by atoms with E-state index in [1.807, 2.05) is 31.2 Å². The lowest BCUT2D eigenvalue weighted by Crippen LogP contribution is -2.49. The number of nitrogens with zero attached hydrogens (tertiary/aromatic N) is 1. The number of nitrogens with one attached hydrogen (secondary N) is 1. The molecule has 7 nitrogen and oxygen atoms in total. The molecule has 0 aromatic heterocycles. The summed E-state index contributed by atoms with van der Waals surface area (Å²) < 4.78 is 5.54. The number of hydrogen-bond donors (Lipinski definition) is 2. The molecule has 1 aliphatic carbocycles. The van der Waals surface area contributed by atoms with Gasteiger partial charge in [0.2, 0.25) is 5.91 Å². The third-order valence-corrected chi connectivity index (χ3v) is 6.83. The zero-order valence-corrected chi connectivity index (χ0v) is 19.0. The van der Waals surface area contributed by atoms with E-state index >= 15 is 0 Å². The number of ether oxygens (including phenoxy) is 1. The van der Waals surface area contributed by atoms with Crippen molar-refractivity contribution in [3.8, 4) is 11.1 Å². The van der Waals surface area contributed by atoms with Crippen molar-refractivity contribution in [2.24, 2.45) is 11.8 Å². The van der Waals surface area contributed by atoms with Gasteiger partial charge in [0.1, 0.15) is 6.61 Å². The average molecular weight is 451 g/mol. The minimum Gasteiger partial charge on any atom is -0.481 e. The highest BCUT2D eigenvalue weighted by Crippen LogP contribution is 2.44. The molecule has 0 spiro atoms. The highest BCUT2D eigenvalue weighted by atomic mass is 16.5. The standard InChI is InChI=1S/C26H30N2O5/c1-16(24(29)28-12-11-18(25(30)31)13-17(28)2)14-27-26(32)33-15-23-21-9-5-3-7-19(21)20-8-4-6-10-22(20)23/h3-10,16-18,23H,11-15H2,1-2H3,(H,27,32)(H,30,31)/t16?,17-,18-/m1/s1. The number of carbonyl (C=O) groups is 3. The number of piperidine rings is 1. The second-order valence-corrected chi connectivity index (χ2v) is 9.05. The van der Waals surface area contributed by atoms with Crippen molar-refractivity contribution in [2.45, 2.75) is 38.6 Å². The number of rotatable bonds is 6. The van der Waals surface area contributed by atoms with E-state index in [0.717, 1.165) is 11.1 Å². The molecule has 2 aliphatic rings. The predicted octanol–water partition coefficient (Wildman–Crippen LogP) is 3.87. The second-order valence-electron chi connectivity index (χ2n) is 9.05. The number of amides is 2. The van der Waals surface area contributed by atoms with E-state index in [4.69, 9.17) is 4.74 Å². The van der Waals surface area contributed by atoms with E-state index in [1.54, 1.807) is 11.8 Å². The first-order valence-electron chi connectivity index (χ1n) is 11.5. The first kappa shape index (κ1) is 22.8. The topological polar surface area (TPSA) is 95.9 Å². The third-order valence-electron chi connectivity index (χ3n) is 6.83. The van der Waals surface area contributed by atoms with E-state index in [9.17, 15) is 19.5 Å². The van der Waals surface area contributed by atoms with Crippen LogP contribution in [0.3, 0.4) is 0 Å². The van der Waals surface area contributed by atoms with Crippen molar-refractivity contribution in [1.82, 2.24) is 10.2 Å². The second kappa shape index (κ2) is 9.65. The van der Waals surface area contributed by atoms with Crippen molar-refractivity contribution in [3.63, 3.8) is 0 Å². The molecule has 0 saturated carbocycles. The number of likely N-dealkylation sites (tertiary alicyclic amines) is 1. The van der Waals surface area contributed by atoms with Crippen LogP contribution in [0.25, 0.3) is 11.1 Å². The number of carbonyl (C=O) groups excluding carboxylic acids is 2. The van der Waals surface area contributed by atoms with Crippen molar-refractivity contribution in [3.05, 3.63) is 59.7 Å². The van der Waals surface area contributed by atoms with Crippen molar-refractivity contribution in [1.29, 1.82) is 0 Å². The summed E-state index contributed by atoms with van der Waals surface area (Å²) >= 11 is 0. The minimum absolute atomic E-state index is 0.0152. The third kappa shape index (κ3) is 4.72. The van der Waals surface area contributed by atoms with Gasteiger partial charge < -0.3 is 20.1 Å². The van der Waals surface area contributed by atoms with Crippen LogP contribution in [-0.4, -0.2) is 53.7 Å². The number of aliphatic carboxylic acids is 1. The Balaban J connectivity index is 1.29. The van der Waals surface area contributed by atoms with Crippen molar-refractivity contribution in [2.75, 3.05) is 19.7 Å². The molecule has 2 N–H and O–H groups in total. The maximum Gasteiger partial charge on any atom is 0.407 e. The molecule has 1 aliphatic heterocycles. The summed E-state index contributed by atoms with van der Waals surface area (Å²) in [6.07, 6.45) is 0.361. The van der Waals surface area contributed by atoms with Crippen LogP contribution in [0.4, 0.5) is 4.79 Å². The summed E-state index contributed by atoms with van der Waals surface area (Å²) in [6.45, 7) is 4.45. The van der Waals surface area contributed by atoms with Gasteiger partial charge in [0.05, 0.1) is 11.8 Å². The minimum atomic E-state index is -0.807. The van der Waals surface area contributed by atoms with Crippen LogP contribution in [0.1, 0.15) is 43.7 Å². The molecule has 2 aromatic carbocycles. The fourth-order valence-corrected chi connectivity index (χ4v) is 4.98. The first-order valence-corrected chi connectivity index (χ1v) is 11.5. The molecule has 33 heavy (non-hydrogen) atoms. The smallest absolute Gasteiger partial charge is 0.407 e. The number of carboxylic acids is 1. The molecular weight excluding hydrogens is 420 g/mol. The van der Waals surface area contributed by atoms with Gasteiger partial charge in [-0.3, -0.25) is 9.59 Å². The quantitative estimate of drug-likeness (QED) is 0.697. The Labute approximate surface area is 193 Å². The van der Waals surface area contributed by atoms with Gasteiger partial charge in [-0.2, -0.15) is 0 Å². The average Bonchev–Trinajstić information content (AvgIpc) is 3.14. The molecule has 2 amide bonds. The predicted molar refractivity (Wildman–Crippen MR) is 124 cm³/mol.